The number of rotatable bonds is 3. The summed E-state index contributed by atoms with van der Waals surface area (Å²) in [5.74, 6) is -0.590. The minimum absolute atomic E-state index is 0.202. The van der Waals surface area contributed by atoms with E-state index in [-0.39, 0.29) is 30.5 Å². The van der Waals surface area contributed by atoms with Gasteiger partial charge in [-0.05, 0) is 12.0 Å². The molecule has 1 aromatic rings. The number of hydrogen-bond acceptors (Lipinski definition) is 4. The summed E-state index contributed by atoms with van der Waals surface area (Å²) in [6, 6.07) is 8.94. The Kier molecular flexibility index (Phi) is 3.83. The van der Waals surface area contributed by atoms with E-state index in [1.807, 2.05) is 30.3 Å². The molecule has 2 aliphatic heterocycles. The third-order valence-electron chi connectivity index (χ3n) is 4.49. The van der Waals surface area contributed by atoms with E-state index in [0.29, 0.717) is 19.4 Å². The highest BCUT2D eigenvalue weighted by Crippen LogP contribution is 2.35. The lowest BCUT2D eigenvalue weighted by Crippen LogP contribution is -2.42. The molecule has 22 heavy (non-hydrogen) atoms. The van der Waals surface area contributed by atoms with E-state index in [1.165, 1.54) is 4.90 Å². The Bertz CT molecular complexity index is 589. The molecular formula is C16H18N2O4. The third-order valence-corrected chi connectivity index (χ3v) is 4.49. The lowest BCUT2D eigenvalue weighted by atomic mass is 10.0. The summed E-state index contributed by atoms with van der Waals surface area (Å²) >= 11 is 0. The van der Waals surface area contributed by atoms with Gasteiger partial charge < -0.3 is 9.64 Å². The smallest absolute Gasteiger partial charge is 0.410 e. The van der Waals surface area contributed by atoms with Crippen LogP contribution in [0.15, 0.2) is 30.3 Å². The molecule has 0 aromatic heterocycles. The standard InChI is InChI=1S/C16H18N2O4/c1-11-14-13(18(10-19)15(11)20)7-8-17(14)16(21)22-9-12-5-3-2-4-6-12/h2-6,10-11,13-14H,7-9H2,1H3/t11-,13-,14?/m0/s1. The number of likely N-dealkylation sites (tertiary alicyclic amines) is 2. The van der Waals surface area contributed by atoms with Gasteiger partial charge in [0, 0.05) is 6.54 Å². The van der Waals surface area contributed by atoms with E-state index in [1.54, 1.807) is 11.8 Å². The van der Waals surface area contributed by atoms with Crippen molar-refractivity contribution in [2.45, 2.75) is 32.0 Å². The van der Waals surface area contributed by atoms with Crippen LogP contribution in [0.1, 0.15) is 18.9 Å². The van der Waals surface area contributed by atoms with Crippen LogP contribution in [-0.2, 0) is 20.9 Å². The van der Waals surface area contributed by atoms with Crippen molar-refractivity contribution in [3.63, 3.8) is 0 Å². The molecule has 1 unspecified atom stereocenters. The van der Waals surface area contributed by atoms with Crippen LogP contribution in [-0.4, -0.2) is 46.8 Å². The Morgan fingerprint density at radius 2 is 2.09 bits per heavy atom. The fourth-order valence-electron chi connectivity index (χ4n) is 3.40. The van der Waals surface area contributed by atoms with Crippen LogP contribution < -0.4 is 0 Å². The van der Waals surface area contributed by atoms with Gasteiger partial charge in [-0.25, -0.2) is 4.79 Å². The van der Waals surface area contributed by atoms with Crippen molar-refractivity contribution in [1.82, 2.24) is 9.80 Å². The first kappa shape index (κ1) is 14.6. The second-order valence-electron chi connectivity index (χ2n) is 5.72. The molecule has 0 saturated carbocycles. The average Bonchev–Trinajstić information content (AvgIpc) is 3.07. The van der Waals surface area contributed by atoms with Crippen LogP contribution in [0.5, 0.6) is 0 Å². The first-order valence-electron chi connectivity index (χ1n) is 7.38. The van der Waals surface area contributed by atoms with Gasteiger partial charge >= 0.3 is 6.09 Å². The molecule has 0 radical (unpaired) electrons. The number of hydrogen-bond donors (Lipinski definition) is 0. The maximum atomic E-state index is 12.3. The zero-order valence-corrected chi connectivity index (χ0v) is 12.3. The van der Waals surface area contributed by atoms with Crippen LogP contribution >= 0.6 is 0 Å². The van der Waals surface area contributed by atoms with Gasteiger partial charge in [0.2, 0.25) is 12.3 Å². The van der Waals surface area contributed by atoms with Gasteiger partial charge in [0.1, 0.15) is 6.61 Å². The first-order valence-corrected chi connectivity index (χ1v) is 7.38. The van der Waals surface area contributed by atoms with E-state index < -0.39 is 6.09 Å². The average molecular weight is 302 g/mol. The molecule has 0 N–H and O–H groups in total. The molecule has 6 heteroatoms. The van der Waals surface area contributed by atoms with Crippen molar-refractivity contribution in [3.8, 4) is 0 Å². The van der Waals surface area contributed by atoms with Gasteiger partial charge in [-0.15, -0.1) is 0 Å². The van der Waals surface area contributed by atoms with Crippen molar-refractivity contribution in [1.29, 1.82) is 0 Å². The summed E-state index contributed by atoms with van der Waals surface area (Å²) in [7, 11) is 0. The fraction of sp³-hybridized carbons (Fsp3) is 0.438. The number of fused-ring (bicyclic) bond motifs is 1. The van der Waals surface area contributed by atoms with Crippen LogP contribution in [0.3, 0.4) is 0 Å². The zero-order valence-electron chi connectivity index (χ0n) is 12.3. The molecule has 0 bridgehead atoms. The number of carbonyl (C=O) groups is 3. The topological polar surface area (TPSA) is 66.9 Å². The van der Waals surface area contributed by atoms with Gasteiger partial charge in [-0.1, -0.05) is 37.3 Å². The van der Waals surface area contributed by atoms with E-state index in [4.69, 9.17) is 4.74 Å². The molecule has 0 spiro atoms. The number of ether oxygens (including phenoxy) is 1. The molecule has 2 fully saturated rings. The van der Waals surface area contributed by atoms with Crippen molar-refractivity contribution in [2.24, 2.45) is 5.92 Å². The van der Waals surface area contributed by atoms with Crippen molar-refractivity contribution in [3.05, 3.63) is 35.9 Å². The monoisotopic (exact) mass is 302 g/mol. The predicted molar refractivity (Wildman–Crippen MR) is 77.6 cm³/mol. The lowest BCUT2D eigenvalue weighted by molar-refractivity contribution is -0.138. The quantitative estimate of drug-likeness (QED) is 0.792. The van der Waals surface area contributed by atoms with Crippen molar-refractivity contribution in [2.75, 3.05) is 6.54 Å². The number of imide groups is 1. The van der Waals surface area contributed by atoms with Crippen molar-refractivity contribution >= 4 is 18.4 Å². The second kappa shape index (κ2) is 5.79. The summed E-state index contributed by atoms with van der Waals surface area (Å²) in [6.45, 7) is 2.46. The summed E-state index contributed by atoms with van der Waals surface area (Å²) in [5.41, 5.74) is 0.914. The molecule has 116 valence electrons. The van der Waals surface area contributed by atoms with Crippen LogP contribution in [0.25, 0.3) is 0 Å². The Morgan fingerprint density at radius 3 is 2.77 bits per heavy atom. The van der Waals surface area contributed by atoms with Crippen LogP contribution in [0, 0.1) is 5.92 Å². The largest absolute Gasteiger partial charge is 0.445 e. The summed E-state index contributed by atoms with van der Waals surface area (Å²) in [4.78, 5) is 38.2. The minimum atomic E-state index is -0.427. The first-order chi connectivity index (χ1) is 10.6. The molecule has 3 atom stereocenters. The van der Waals surface area contributed by atoms with Gasteiger partial charge in [-0.2, -0.15) is 0 Å². The number of nitrogens with zero attached hydrogens (tertiary/aromatic N) is 2. The number of amides is 3. The van der Waals surface area contributed by atoms with E-state index in [9.17, 15) is 14.4 Å². The van der Waals surface area contributed by atoms with E-state index in [2.05, 4.69) is 0 Å². The van der Waals surface area contributed by atoms with Crippen molar-refractivity contribution < 1.29 is 19.1 Å². The molecule has 3 amide bonds. The van der Waals surface area contributed by atoms with Gasteiger partial charge in [0.25, 0.3) is 0 Å². The maximum Gasteiger partial charge on any atom is 0.410 e. The number of benzene rings is 1. The molecule has 3 rings (SSSR count). The molecular weight excluding hydrogens is 284 g/mol. The minimum Gasteiger partial charge on any atom is -0.445 e. The molecule has 1 aromatic carbocycles. The Hall–Kier alpha value is -2.37. The molecule has 2 saturated heterocycles. The number of carbonyl (C=O) groups excluding carboxylic acids is 3. The maximum absolute atomic E-state index is 12.3. The Morgan fingerprint density at radius 1 is 1.36 bits per heavy atom. The highest BCUT2D eigenvalue weighted by molar-refractivity contribution is 5.92. The molecule has 0 aliphatic carbocycles. The van der Waals surface area contributed by atoms with Crippen LogP contribution in [0.2, 0.25) is 0 Å². The van der Waals surface area contributed by atoms with Crippen LogP contribution in [0.4, 0.5) is 4.79 Å². The highest BCUT2D eigenvalue weighted by atomic mass is 16.6. The Labute approximate surface area is 128 Å². The van der Waals surface area contributed by atoms with Gasteiger partial charge in [0.15, 0.2) is 0 Å². The summed E-state index contributed by atoms with van der Waals surface area (Å²) < 4.78 is 5.34. The second-order valence-corrected chi connectivity index (χ2v) is 5.72. The normalized spacial score (nSPS) is 27.0. The summed E-state index contributed by atoms with van der Waals surface area (Å²) in [6.07, 6.45) is 0.756. The zero-order chi connectivity index (χ0) is 15.7. The van der Waals surface area contributed by atoms with Gasteiger partial charge in [0.05, 0.1) is 18.0 Å². The molecule has 2 heterocycles. The van der Waals surface area contributed by atoms with E-state index in [0.717, 1.165) is 5.56 Å². The van der Waals surface area contributed by atoms with E-state index >= 15 is 0 Å². The third kappa shape index (κ3) is 2.34. The molecule has 2 aliphatic rings. The van der Waals surface area contributed by atoms with Gasteiger partial charge in [-0.3, -0.25) is 14.5 Å². The highest BCUT2D eigenvalue weighted by Gasteiger charge is 2.53. The predicted octanol–water partition coefficient (Wildman–Crippen LogP) is 1.40. The Balaban J connectivity index is 1.67. The SMILES string of the molecule is C[C@@H]1C(=O)N(C=O)[C@H]2CCN(C(=O)OCc3ccccc3)C12. The lowest BCUT2D eigenvalue weighted by Gasteiger charge is -2.25. The molecule has 6 nitrogen and oxygen atoms in total. The summed E-state index contributed by atoms with van der Waals surface area (Å²) in [5, 5.41) is 0. The fourth-order valence-corrected chi connectivity index (χ4v) is 3.40.